The molecule has 0 aliphatic heterocycles. The number of benzene rings is 5. The maximum Gasteiger partial charge on any atom is 0.0595 e. The van der Waals surface area contributed by atoms with Crippen LogP contribution < -0.4 is 5.32 Å². The molecule has 5 rings (SSSR count). The van der Waals surface area contributed by atoms with Crippen molar-refractivity contribution in [1.29, 1.82) is 0 Å². The second-order valence-electron chi connectivity index (χ2n) is 9.40. The van der Waals surface area contributed by atoms with E-state index in [0.29, 0.717) is 10.0 Å². The molecule has 0 saturated carbocycles. The molecule has 1 N–H and O–H groups in total. The zero-order valence-electron chi connectivity index (χ0n) is 20.3. The zero-order chi connectivity index (χ0) is 24.9. The van der Waals surface area contributed by atoms with Crippen LogP contribution in [0.3, 0.4) is 0 Å². The van der Waals surface area contributed by atoms with E-state index < -0.39 is 0 Å². The number of rotatable bonds is 8. The molecule has 0 aromatic heterocycles. The van der Waals surface area contributed by atoms with Gasteiger partial charge in [0.2, 0.25) is 0 Å². The van der Waals surface area contributed by atoms with Gasteiger partial charge in [-0.05, 0) is 70.1 Å². The van der Waals surface area contributed by atoms with Gasteiger partial charge >= 0.3 is 0 Å². The first-order chi connectivity index (χ1) is 17.6. The Balaban J connectivity index is 1.36. The van der Waals surface area contributed by atoms with E-state index in [0.717, 1.165) is 13.0 Å². The van der Waals surface area contributed by atoms with Gasteiger partial charge < -0.3 is 5.32 Å². The molecule has 0 aliphatic carbocycles. The van der Waals surface area contributed by atoms with Crippen molar-refractivity contribution in [2.24, 2.45) is 0 Å². The molecule has 0 bridgehead atoms. The predicted molar refractivity (Wildman–Crippen MR) is 155 cm³/mol. The van der Waals surface area contributed by atoms with Gasteiger partial charge in [-0.3, -0.25) is 0 Å². The van der Waals surface area contributed by atoms with E-state index in [9.17, 15) is 0 Å². The van der Waals surface area contributed by atoms with Gasteiger partial charge in [-0.1, -0.05) is 120 Å². The standard InChI is InChI=1S/C33H29Cl2N/c1-23(36-22-25-13-16-27-9-5-6-10-29(27)19-25)31(30-17-18-32(34)33(35)21-30)20-24-11-14-28(15-12-24)26-7-3-2-4-8-26/h2-19,21,23,31,36H,20,22H2,1H3. The van der Waals surface area contributed by atoms with Crippen molar-refractivity contribution in [3.8, 4) is 11.1 Å². The van der Waals surface area contributed by atoms with E-state index in [2.05, 4.69) is 109 Å². The number of hydrogen-bond donors (Lipinski definition) is 1. The molecule has 180 valence electrons. The number of hydrogen-bond acceptors (Lipinski definition) is 1. The van der Waals surface area contributed by atoms with Crippen molar-refractivity contribution >= 4 is 34.0 Å². The fourth-order valence-corrected chi connectivity index (χ4v) is 5.12. The van der Waals surface area contributed by atoms with Crippen molar-refractivity contribution in [3.63, 3.8) is 0 Å². The van der Waals surface area contributed by atoms with Gasteiger partial charge in [-0.25, -0.2) is 0 Å². The monoisotopic (exact) mass is 509 g/mol. The number of halogens is 2. The van der Waals surface area contributed by atoms with Crippen LogP contribution in [0.15, 0.2) is 115 Å². The third kappa shape index (κ3) is 5.82. The molecule has 0 amide bonds. The fourth-order valence-electron chi connectivity index (χ4n) is 4.81. The minimum Gasteiger partial charge on any atom is -0.310 e. The topological polar surface area (TPSA) is 12.0 Å². The van der Waals surface area contributed by atoms with E-state index in [1.54, 1.807) is 0 Å². The van der Waals surface area contributed by atoms with Crippen LogP contribution >= 0.6 is 23.2 Å². The van der Waals surface area contributed by atoms with Crippen molar-refractivity contribution in [3.05, 3.63) is 142 Å². The van der Waals surface area contributed by atoms with E-state index in [1.165, 1.54) is 38.6 Å². The normalized spacial score (nSPS) is 13.0. The molecule has 1 nitrogen and oxygen atoms in total. The lowest BCUT2D eigenvalue weighted by Gasteiger charge is -2.26. The van der Waals surface area contributed by atoms with Crippen LogP contribution in [0, 0.1) is 0 Å². The maximum absolute atomic E-state index is 6.43. The SMILES string of the molecule is CC(NCc1ccc2ccccc2c1)C(Cc1ccc(-c2ccccc2)cc1)c1ccc(Cl)c(Cl)c1. The van der Waals surface area contributed by atoms with Crippen LogP contribution in [0.1, 0.15) is 29.5 Å². The summed E-state index contributed by atoms with van der Waals surface area (Å²) in [5, 5.41) is 7.49. The van der Waals surface area contributed by atoms with Crippen molar-refractivity contribution in [2.75, 3.05) is 0 Å². The highest BCUT2D eigenvalue weighted by molar-refractivity contribution is 6.42. The zero-order valence-corrected chi connectivity index (χ0v) is 21.8. The van der Waals surface area contributed by atoms with Gasteiger partial charge in [0.15, 0.2) is 0 Å². The fraction of sp³-hybridized carbons (Fsp3) is 0.152. The Morgan fingerprint density at radius 3 is 2.03 bits per heavy atom. The summed E-state index contributed by atoms with van der Waals surface area (Å²) in [5.74, 6) is 0.239. The van der Waals surface area contributed by atoms with E-state index in [-0.39, 0.29) is 12.0 Å². The average Bonchev–Trinajstić information content (AvgIpc) is 2.92. The summed E-state index contributed by atoms with van der Waals surface area (Å²) in [6.45, 7) is 3.06. The lowest BCUT2D eigenvalue weighted by molar-refractivity contribution is 0.455. The van der Waals surface area contributed by atoms with Crippen LogP contribution in [0.25, 0.3) is 21.9 Å². The molecule has 5 aromatic rings. The third-order valence-electron chi connectivity index (χ3n) is 6.93. The van der Waals surface area contributed by atoms with Gasteiger partial charge in [-0.2, -0.15) is 0 Å². The molecular formula is C33H29Cl2N. The predicted octanol–water partition coefficient (Wildman–Crippen LogP) is 9.32. The minimum absolute atomic E-state index is 0.225. The van der Waals surface area contributed by atoms with E-state index in [1.807, 2.05) is 18.2 Å². The summed E-state index contributed by atoms with van der Waals surface area (Å²) in [4.78, 5) is 0. The van der Waals surface area contributed by atoms with Crippen LogP contribution in [-0.4, -0.2) is 6.04 Å². The second kappa shape index (κ2) is 11.3. The first-order valence-corrected chi connectivity index (χ1v) is 13.1. The molecule has 0 fully saturated rings. The molecule has 3 heteroatoms. The smallest absolute Gasteiger partial charge is 0.0595 e. The second-order valence-corrected chi connectivity index (χ2v) is 10.2. The van der Waals surface area contributed by atoms with Gasteiger partial charge in [-0.15, -0.1) is 0 Å². The van der Waals surface area contributed by atoms with Crippen LogP contribution in [-0.2, 0) is 13.0 Å². The van der Waals surface area contributed by atoms with Gasteiger partial charge in [0.25, 0.3) is 0 Å². The number of fused-ring (bicyclic) bond motifs is 1. The average molecular weight is 511 g/mol. The molecule has 5 aromatic carbocycles. The molecule has 2 atom stereocenters. The molecule has 0 spiro atoms. The van der Waals surface area contributed by atoms with Crippen LogP contribution in [0.2, 0.25) is 10.0 Å². The first-order valence-electron chi connectivity index (χ1n) is 12.4. The highest BCUT2D eigenvalue weighted by Crippen LogP contribution is 2.31. The Morgan fingerprint density at radius 2 is 1.28 bits per heavy atom. The maximum atomic E-state index is 6.43. The van der Waals surface area contributed by atoms with Gasteiger partial charge in [0.05, 0.1) is 10.0 Å². The molecule has 2 unspecified atom stereocenters. The largest absolute Gasteiger partial charge is 0.310 e. The Kier molecular flexibility index (Phi) is 7.72. The quantitative estimate of drug-likeness (QED) is 0.219. The summed E-state index contributed by atoms with van der Waals surface area (Å²) in [6.07, 6.45) is 0.902. The van der Waals surface area contributed by atoms with E-state index in [4.69, 9.17) is 23.2 Å². The number of nitrogens with one attached hydrogen (secondary N) is 1. The Bertz CT molecular complexity index is 1440. The molecule has 0 aliphatic rings. The molecule has 0 heterocycles. The first kappa shape index (κ1) is 24.6. The van der Waals surface area contributed by atoms with Crippen LogP contribution in [0.5, 0.6) is 0 Å². The summed E-state index contributed by atoms with van der Waals surface area (Å²) in [5.41, 5.74) is 6.23. The molecule has 36 heavy (non-hydrogen) atoms. The van der Waals surface area contributed by atoms with E-state index >= 15 is 0 Å². The molecule has 0 saturated heterocycles. The van der Waals surface area contributed by atoms with Gasteiger partial charge in [0, 0.05) is 18.5 Å². The summed E-state index contributed by atoms with van der Waals surface area (Å²) in [7, 11) is 0. The van der Waals surface area contributed by atoms with Crippen molar-refractivity contribution in [1.82, 2.24) is 5.32 Å². The van der Waals surface area contributed by atoms with Crippen molar-refractivity contribution in [2.45, 2.75) is 31.8 Å². The lowest BCUT2D eigenvalue weighted by Crippen LogP contribution is -2.33. The summed E-state index contributed by atoms with van der Waals surface area (Å²) in [6, 6.07) is 40.8. The molecular weight excluding hydrogens is 481 g/mol. The van der Waals surface area contributed by atoms with Crippen molar-refractivity contribution < 1.29 is 0 Å². The van der Waals surface area contributed by atoms with Gasteiger partial charge in [0.1, 0.15) is 0 Å². The molecule has 0 radical (unpaired) electrons. The van der Waals surface area contributed by atoms with Crippen LogP contribution in [0.4, 0.5) is 0 Å². The Hall–Kier alpha value is -3.10. The Labute approximate surface area is 223 Å². The third-order valence-corrected chi connectivity index (χ3v) is 7.67. The Morgan fingerprint density at radius 1 is 0.611 bits per heavy atom. The minimum atomic E-state index is 0.225. The highest BCUT2D eigenvalue weighted by Gasteiger charge is 2.21. The summed E-state index contributed by atoms with van der Waals surface area (Å²) < 4.78 is 0. The highest BCUT2D eigenvalue weighted by atomic mass is 35.5. The summed E-state index contributed by atoms with van der Waals surface area (Å²) >= 11 is 12.7. The lowest BCUT2D eigenvalue weighted by atomic mass is 9.86.